The Morgan fingerprint density at radius 2 is 1.09 bits per heavy atom. The van der Waals surface area contributed by atoms with Gasteiger partial charge in [0.25, 0.3) is 0 Å². The third kappa shape index (κ3) is 6.23. The molecule has 0 aliphatic rings. The van der Waals surface area contributed by atoms with Crippen LogP contribution in [-0.2, 0) is 9.53 Å². The first-order chi connectivity index (χ1) is 10.6. The lowest BCUT2D eigenvalue weighted by molar-refractivity contribution is -0.221. The van der Waals surface area contributed by atoms with Crippen LogP contribution < -0.4 is 0 Å². The van der Waals surface area contributed by atoms with Crippen molar-refractivity contribution >= 4 is 5.97 Å². The molecule has 12 nitrogen and oxygen atoms in total. The normalized spacial score (nSPS) is 22.3. The van der Waals surface area contributed by atoms with E-state index in [0.29, 0.717) is 0 Å². The van der Waals surface area contributed by atoms with Crippen molar-refractivity contribution in [2.24, 2.45) is 0 Å². The maximum Gasteiger partial charge on any atom is 0.340 e. The third-order valence-electron chi connectivity index (χ3n) is 2.96. The second-order valence-electron chi connectivity index (χ2n) is 4.73. The molecule has 10 N–H and O–H groups in total. The Kier molecular flexibility index (Phi) is 9.64. The van der Waals surface area contributed by atoms with Gasteiger partial charge >= 0.3 is 5.97 Å². The highest BCUT2D eigenvalue weighted by atomic mass is 16.7. The zero-order chi connectivity index (χ0) is 18.3. The van der Waals surface area contributed by atoms with Crippen LogP contribution in [-0.4, -0.2) is 119 Å². The highest BCUT2D eigenvalue weighted by Crippen LogP contribution is 2.11. The maximum absolute atomic E-state index is 11.4. The average molecular weight is 346 g/mol. The largest absolute Gasteiger partial charge is 0.431 e. The van der Waals surface area contributed by atoms with E-state index in [4.69, 9.17) is 20.4 Å². The zero-order valence-corrected chi connectivity index (χ0v) is 11.8. The lowest BCUT2D eigenvalue weighted by atomic mass is 10.0. The van der Waals surface area contributed by atoms with Gasteiger partial charge in [-0.2, -0.15) is 0 Å². The van der Waals surface area contributed by atoms with Crippen molar-refractivity contribution in [3.63, 3.8) is 0 Å². The summed E-state index contributed by atoms with van der Waals surface area (Å²) < 4.78 is 4.12. The fourth-order valence-corrected chi connectivity index (χ4v) is 1.42. The van der Waals surface area contributed by atoms with Crippen molar-refractivity contribution in [2.45, 2.75) is 49.0 Å². The molecular formula is C11H22O12. The summed E-state index contributed by atoms with van der Waals surface area (Å²) in [6.07, 6.45) is -17.4. The molecule has 0 aromatic heterocycles. The van der Waals surface area contributed by atoms with Gasteiger partial charge in [0.05, 0.1) is 13.2 Å². The van der Waals surface area contributed by atoms with Crippen LogP contribution in [0.2, 0.25) is 0 Å². The zero-order valence-electron chi connectivity index (χ0n) is 11.8. The second-order valence-corrected chi connectivity index (χ2v) is 4.73. The molecule has 0 saturated carbocycles. The Balaban J connectivity index is 4.67. The van der Waals surface area contributed by atoms with Crippen LogP contribution in [0.4, 0.5) is 0 Å². The van der Waals surface area contributed by atoms with Crippen molar-refractivity contribution in [1.29, 1.82) is 0 Å². The quantitative estimate of drug-likeness (QED) is 0.131. The molecule has 23 heavy (non-hydrogen) atoms. The summed E-state index contributed by atoms with van der Waals surface area (Å²) in [7, 11) is 0. The van der Waals surface area contributed by atoms with Gasteiger partial charge in [-0.3, -0.25) is 0 Å². The number of esters is 1. The number of carbonyl (C=O) groups excluding carboxylic acids is 1. The van der Waals surface area contributed by atoms with Gasteiger partial charge in [-0.15, -0.1) is 0 Å². The first-order valence-electron chi connectivity index (χ1n) is 6.45. The summed E-state index contributed by atoms with van der Waals surface area (Å²) >= 11 is 0. The van der Waals surface area contributed by atoms with E-state index < -0.39 is 68.2 Å². The maximum atomic E-state index is 11.4. The molecule has 0 rings (SSSR count). The predicted molar refractivity (Wildman–Crippen MR) is 68.3 cm³/mol. The lowest BCUT2D eigenvalue weighted by Crippen LogP contribution is -2.52. The van der Waals surface area contributed by atoms with Crippen LogP contribution in [0.3, 0.4) is 0 Å². The van der Waals surface area contributed by atoms with E-state index in [1.165, 1.54) is 0 Å². The number of hydrogen-bond acceptors (Lipinski definition) is 12. The van der Waals surface area contributed by atoms with Crippen LogP contribution in [0.1, 0.15) is 0 Å². The smallest absolute Gasteiger partial charge is 0.340 e. The van der Waals surface area contributed by atoms with Gasteiger partial charge in [-0.25, -0.2) is 4.79 Å². The minimum Gasteiger partial charge on any atom is -0.431 e. The van der Waals surface area contributed by atoms with Gasteiger partial charge in [-0.05, 0) is 0 Å². The van der Waals surface area contributed by atoms with E-state index in [2.05, 4.69) is 4.74 Å². The van der Waals surface area contributed by atoms with Crippen molar-refractivity contribution in [3.8, 4) is 0 Å². The van der Waals surface area contributed by atoms with Gasteiger partial charge in [0.1, 0.15) is 36.6 Å². The molecule has 0 heterocycles. The second kappa shape index (κ2) is 10.0. The summed E-state index contributed by atoms with van der Waals surface area (Å²) in [6, 6.07) is 0. The molecule has 0 aliphatic heterocycles. The van der Waals surface area contributed by atoms with Crippen molar-refractivity contribution in [2.75, 3.05) is 13.2 Å². The van der Waals surface area contributed by atoms with Gasteiger partial charge in [0.15, 0.2) is 6.10 Å². The van der Waals surface area contributed by atoms with E-state index >= 15 is 0 Å². The fraction of sp³-hybridized carbons (Fsp3) is 0.909. The molecule has 0 aromatic rings. The molecule has 0 bridgehead atoms. The lowest BCUT2D eigenvalue weighted by Gasteiger charge is -2.28. The van der Waals surface area contributed by atoms with Crippen LogP contribution in [0.25, 0.3) is 0 Å². The summed E-state index contributed by atoms with van der Waals surface area (Å²) in [4.78, 5) is 11.4. The first kappa shape index (κ1) is 22.1. The predicted octanol–water partition coefficient (Wildman–Crippen LogP) is -6.64. The van der Waals surface area contributed by atoms with E-state index in [-0.39, 0.29) is 0 Å². The number of aliphatic hydroxyl groups is 10. The highest BCUT2D eigenvalue weighted by molar-refractivity contribution is 5.75. The molecule has 138 valence electrons. The first-order valence-corrected chi connectivity index (χ1v) is 6.45. The molecule has 0 radical (unpaired) electrons. The van der Waals surface area contributed by atoms with E-state index in [1.807, 2.05) is 0 Å². The van der Waals surface area contributed by atoms with Crippen molar-refractivity contribution < 1.29 is 60.6 Å². The van der Waals surface area contributed by atoms with Crippen LogP contribution in [0.5, 0.6) is 0 Å². The summed E-state index contributed by atoms with van der Waals surface area (Å²) in [6.45, 7) is -1.95. The molecule has 0 aliphatic carbocycles. The Labute approximate surface area is 130 Å². The molecule has 12 heteroatoms. The molecule has 0 saturated heterocycles. The number of hydrogen-bond donors (Lipinski definition) is 10. The van der Waals surface area contributed by atoms with Crippen LogP contribution in [0, 0.1) is 0 Å². The van der Waals surface area contributed by atoms with E-state index in [1.54, 1.807) is 0 Å². The molecular weight excluding hydrogens is 324 g/mol. The summed E-state index contributed by atoms with van der Waals surface area (Å²) in [5, 5.41) is 91.4. The molecule has 8 atom stereocenters. The minimum absolute atomic E-state index is 0.967. The van der Waals surface area contributed by atoms with Gasteiger partial charge in [0.2, 0.25) is 6.29 Å². The van der Waals surface area contributed by atoms with E-state index in [0.717, 1.165) is 0 Å². The Morgan fingerprint density at radius 3 is 1.48 bits per heavy atom. The molecule has 0 amide bonds. The van der Waals surface area contributed by atoms with Gasteiger partial charge < -0.3 is 55.8 Å². The highest BCUT2D eigenvalue weighted by Gasteiger charge is 2.38. The number of ether oxygens (including phenoxy) is 1. The summed E-state index contributed by atoms with van der Waals surface area (Å²) in [5.41, 5.74) is 0. The fourth-order valence-electron chi connectivity index (χ4n) is 1.42. The number of aliphatic hydroxyl groups excluding tert-OH is 10. The standard InChI is InChI=1S/C11H22O12/c12-1-3(14)5(16)7(18)9(20)11(22)23-10(21)8(19)6(17)4(15)2-13/h3-10,12-21H,1-2H2/t3?,4-,5?,6-,7?,8+,9?,10?/m1/s1. The SMILES string of the molecule is O=C(OC(O)[C@@H](O)[C@H](O)[C@H](O)CO)C(O)C(O)C(O)C(O)CO. The minimum atomic E-state index is -2.46. The molecule has 0 aromatic carbocycles. The third-order valence-corrected chi connectivity index (χ3v) is 2.96. The molecule has 0 fully saturated rings. The van der Waals surface area contributed by atoms with Crippen LogP contribution in [0.15, 0.2) is 0 Å². The van der Waals surface area contributed by atoms with Gasteiger partial charge in [-0.1, -0.05) is 0 Å². The number of carbonyl (C=O) groups is 1. The monoisotopic (exact) mass is 346 g/mol. The van der Waals surface area contributed by atoms with Crippen molar-refractivity contribution in [3.05, 3.63) is 0 Å². The summed E-state index contributed by atoms with van der Waals surface area (Å²) in [5.74, 6) is -1.74. The topological polar surface area (TPSA) is 229 Å². The molecule has 0 spiro atoms. The molecule has 5 unspecified atom stereocenters. The Morgan fingerprint density at radius 1 is 0.696 bits per heavy atom. The Hall–Kier alpha value is -0.930. The number of rotatable bonds is 10. The average Bonchev–Trinajstić information content (AvgIpc) is 2.56. The van der Waals surface area contributed by atoms with Crippen molar-refractivity contribution in [1.82, 2.24) is 0 Å². The Bertz CT molecular complexity index is 352. The van der Waals surface area contributed by atoms with Gasteiger partial charge in [0, 0.05) is 0 Å². The van der Waals surface area contributed by atoms with Crippen LogP contribution >= 0.6 is 0 Å². The van der Waals surface area contributed by atoms with E-state index in [9.17, 15) is 35.4 Å².